The minimum absolute atomic E-state index is 0.344. The minimum Gasteiger partial charge on any atom is -0.384 e. The lowest BCUT2D eigenvalue weighted by atomic mass is 9.99. The van der Waals surface area contributed by atoms with Crippen LogP contribution in [0.3, 0.4) is 0 Å². The summed E-state index contributed by atoms with van der Waals surface area (Å²) >= 11 is 0. The Hall–Kier alpha value is -1.74. The Labute approximate surface area is 93.4 Å². The molecule has 0 aliphatic heterocycles. The van der Waals surface area contributed by atoms with E-state index in [-0.39, 0.29) is 5.82 Å². The van der Waals surface area contributed by atoms with Gasteiger partial charge in [-0.05, 0) is 41.8 Å². The van der Waals surface area contributed by atoms with Gasteiger partial charge in [-0.1, -0.05) is 12.1 Å². The number of aliphatic hydroxyl groups excluding tert-OH is 1. The van der Waals surface area contributed by atoms with Gasteiger partial charge in [0.25, 0.3) is 0 Å². The van der Waals surface area contributed by atoms with E-state index >= 15 is 0 Å². The molecular formula is C13H12FNO. The van der Waals surface area contributed by atoms with Gasteiger partial charge >= 0.3 is 0 Å². The average molecular weight is 217 g/mol. The number of aromatic nitrogens is 1. The van der Waals surface area contributed by atoms with Gasteiger partial charge in [-0.25, -0.2) is 4.39 Å². The highest BCUT2D eigenvalue weighted by atomic mass is 19.1. The summed E-state index contributed by atoms with van der Waals surface area (Å²) < 4.78 is 13.0. The molecule has 0 amide bonds. The molecule has 1 aromatic carbocycles. The Morgan fingerprint density at radius 2 is 2.12 bits per heavy atom. The number of hydrogen-bond donors (Lipinski definition) is 1. The Bertz CT molecular complexity index is 499. The van der Waals surface area contributed by atoms with Crippen molar-refractivity contribution >= 4 is 0 Å². The predicted molar refractivity (Wildman–Crippen MR) is 59.4 cm³/mol. The molecule has 16 heavy (non-hydrogen) atoms. The molecule has 0 radical (unpaired) electrons. The van der Waals surface area contributed by atoms with Crippen LogP contribution in [0.15, 0.2) is 42.7 Å². The second-order valence-corrected chi connectivity index (χ2v) is 3.69. The zero-order valence-electron chi connectivity index (χ0n) is 8.89. The molecule has 1 N–H and O–H groups in total. The molecule has 1 unspecified atom stereocenters. The van der Waals surface area contributed by atoms with E-state index in [9.17, 15) is 9.50 Å². The van der Waals surface area contributed by atoms with Crippen molar-refractivity contribution in [2.45, 2.75) is 13.0 Å². The molecular weight excluding hydrogens is 205 g/mol. The van der Waals surface area contributed by atoms with Gasteiger partial charge in [-0.2, -0.15) is 0 Å². The molecule has 82 valence electrons. The predicted octanol–water partition coefficient (Wildman–Crippen LogP) is 2.61. The van der Waals surface area contributed by atoms with Gasteiger partial charge in [-0.15, -0.1) is 0 Å². The monoisotopic (exact) mass is 217 g/mol. The zero-order chi connectivity index (χ0) is 11.5. The van der Waals surface area contributed by atoms with Crippen molar-refractivity contribution in [3.63, 3.8) is 0 Å². The van der Waals surface area contributed by atoms with Gasteiger partial charge in [0.1, 0.15) is 11.9 Å². The molecule has 2 rings (SSSR count). The van der Waals surface area contributed by atoms with Crippen molar-refractivity contribution in [1.82, 2.24) is 4.98 Å². The zero-order valence-corrected chi connectivity index (χ0v) is 8.89. The molecule has 3 heteroatoms. The first-order chi connectivity index (χ1) is 7.68. The molecule has 0 bridgehead atoms. The first-order valence-electron chi connectivity index (χ1n) is 5.02. The molecule has 1 heterocycles. The molecule has 2 aromatic rings. The Morgan fingerprint density at radius 3 is 2.81 bits per heavy atom. The van der Waals surface area contributed by atoms with E-state index < -0.39 is 6.10 Å². The van der Waals surface area contributed by atoms with Crippen molar-refractivity contribution in [3.8, 4) is 0 Å². The number of benzene rings is 1. The Morgan fingerprint density at radius 1 is 1.31 bits per heavy atom. The van der Waals surface area contributed by atoms with Crippen LogP contribution in [0.1, 0.15) is 22.8 Å². The van der Waals surface area contributed by atoms with Crippen molar-refractivity contribution in [2.75, 3.05) is 0 Å². The smallest absolute Gasteiger partial charge is 0.123 e. The number of pyridine rings is 1. The van der Waals surface area contributed by atoms with Crippen LogP contribution in [0.25, 0.3) is 0 Å². The van der Waals surface area contributed by atoms with Gasteiger partial charge in [0, 0.05) is 12.4 Å². The maximum atomic E-state index is 13.0. The van der Waals surface area contributed by atoms with Crippen molar-refractivity contribution in [1.29, 1.82) is 0 Å². The van der Waals surface area contributed by atoms with Crippen LogP contribution in [0, 0.1) is 12.7 Å². The van der Waals surface area contributed by atoms with Crippen LogP contribution in [0.2, 0.25) is 0 Å². The fourth-order valence-corrected chi connectivity index (χ4v) is 1.65. The number of aryl methyl sites for hydroxylation is 1. The highest BCUT2D eigenvalue weighted by Crippen LogP contribution is 2.24. The largest absolute Gasteiger partial charge is 0.384 e. The summed E-state index contributed by atoms with van der Waals surface area (Å²) in [5, 5.41) is 10.1. The molecule has 0 saturated heterocycles. The first kappa shape index (κ1) is 10.8. The second kappa shape index (κ2) is 4.41. The first-order valence-corrected chi connectivity index (χ1v) is 5.02. The molecule has 0 aliphatic carbocycles. The van der Waals surface area contributed by atoms with Gasteiger partial charge in [0.15, 0.2) is 0 Å². The maximum Gasteiger partial charge on any atom is 0.123 e. The fourth-order valence-electron chi connectivity index (χ4n) is 1.65. The number of aliphatic hydroxyl groups is 1. The summed E-state index contributed by atoms with van der Waals surface area (Å²) in [5.41, 5.74) is 2.19. The topological polar surface area (TPSA) is 33.1 Å². The average Bonchev–Trinajstić information content (AvgIpc) is 2.29. The lowest BCUT2D eigenvalue weighted by Crippen LogP contribution is -2.02. The molecule has 1 aromatic heterocycles. The van der Waals surface area contributed by atoms with Gasteiger partial charge in [-0.3, -0.25) is 4.98 Å². The molecule has 0 fully saturated rings. The lowest BCUT2D eigenvalue weighted by molar-refractivity contribution is 0.219. The normalized spacial score (nSPS) is 12.4. The fraction of sp³-hybridized carbons (Fsp3) is 0.154. The van der Waals surface area contributed by atoms with E-state index in [1.807, 2.05) is 6.92 Å². The lowest BCUT2D eigenvalue weighted by Gasteiger charge is -2.13. The van der Waals surface area contributed by atoms with Crippen LogP contribution in [-0.2, 0) is 0 Å². The molecule has 0 saturated carbocycles. The number of nitrogens with zero attached hydrogens (tertiary/aromatic N) is 1. The highest BCUT2D eigenvalue weighted by molar-refractivity contribution is 5.33. The SMILES string of the molecule is Cc1cnccc1C(O)c1cccc(F)c1. The number of hydrogen-bond acceptors (Lipinski definition) is 2. The van der Waals surface area contributed by atoms with E-state index in [0.717, 1.165) is 11.1 Å². The summed E-state index contributed by atoms with van der Waals surface area (Å²) in [7, 11) is 0. The number of halogens is 1. The van der Waals surface area contributed by atoms with Crippen LogP contribution in [0.4, 0.5) is 4.39 Å². The molecule has 0 aliphatic rings. The van der Waals surface area contributed by atoms with Gasteiger partial charge in [0.2, 0.25) is 0 Å². The van der Waals surface area contributed by atoms with Crippen molar-refractivity contribution < 1.29 is 9.50 Å². The molecule has 2 nitrogen and oxygen atoms in total. The Kier molecular flexibility index (Phi) is 2.97. The van der Waals surface area contributed by atoms with E-state index in [1.54, 1.807) is 30.6 Å². The van der Waals surface area contributed by atoms with E-state index in [0.29, 0.717) is 5.56 Å². The Balaban J connectivity index is 2.39. The third-order valence-electron chi connectivity index (χ3n) is 2.52. The van der Waals surface area contributed by atoms with E-state index in [1.165, 1.54) is 12.1 Å². The van der Waals surface area contributed by atoms with E-state index in [2.05, 4.69) is 4.98 Å². The standard InChI is InChI=1S/C13H12FNO/c1-9-8-15-6-5-12(9)13(16)10-3-2-4-11(14)7-10/h2-8,13,16H,1H3. The summed E-state index contributed by atoms with van der Waals surface area (Å²) in [6.07, 6.45) is 2.49. The summed E-state index contributed by atoms with van der Waals surface area (Å²) in [6, 6.07) is 7.73. The minimum atomic E-state index is -0.807. The van der Waals surface area contributed by atoms with Gasteiger partial charge in [0.05, 0.1) is 0 Å². The van der Waals surface area contributed by atoms with Gasteiger partial charge < -0.3 is 5.11 Å². The molecule has 1 atom stereocenters. The third kappa shape index (κ3) is 2.09. The van der Waals surface area contributed by atoms with Crippen molar-refractivity contribution in [3.05, 3.63) is 65.2 Å². The van der Waals surface area contributed by atoms with Crippen LogP contribution in [0.5, 0.6) is 0 Å². The third-order valence-corrected chi connectivity index (χ3v) is 2.52. The summed E-state index contributed by atoms with van der Waals surface area (Å²) in [5.74, 6) is -0.344. The quantitative estimate of drug-likeness (QED) is 0.838. The van der Waals surface area contributed by atoms with Crippen molar-refractivity contribution in [2.24, 2.45) is 0 Å². The number of rotatable bonds is 2. The summed E-state index contributed by atoms with van der Waals surface area (Å²) in [4.78, 5) is 3.95. The highest BCUT2D eigenvalue weighted by Gasteiger charge is 2.12. The maximum absolute atomic E-state index is 13.0. The van der Waals surface area contributed by atoms with E-state index in [4.69, 9.17) is 0 Å². The second-order valence-electron chi connectivity index (χ2n) is 3.69. The van der Waals surface area contributed by atoms with Crippen LogP contribution in [-0.4, -0.2) is 10.1 Å². The van der Waals surface area contributed by atoms with Crippen LogP contribution >= 0.6 is 0 Å². The molecule has 0 spiro atoms. The summed E-state index contributed by atoms with van der Waals surface area (Å²) in [6.45, 7) is 1.87. The van der Waals surface area contributed by atoms with Crippen LogP contribution < -0.4 is 0 Å².